The van der Waals surface area contributed by atoms with Gasteiger partial charge in [0.25, 0.3) is 0 Å². The molecule has 0 aliphatic carbocycles. The van der Waals surface area contributed by atoms with Gasteiger partial charge in [0.1, 0.15) is 13.2 Å². The van der Waals surface area contributed by atoms with E-state index in [4.69, 9.17) is 9.47 Å². The Morgan fingerprint density at radius 1 is 1.10 bits per heavy atom. The Morgan fingerprint density at radius 3 is 2.35 bits per heavy atom. The minimum absolute atomic E-state index is 0.0581. The monoisotopic (exact) mass is 428 g/mol. The van der Waals surface area contributed by atoms with E-state index in [0.29, 0.717) is 18.0 Å². The first-order valence-electron chi connectivity index (χ1n) is 10.1. The number of hydrogen-bond acceptors (Lipinski definition) is 8. The van der Waals surface area contributed by atoms with Gasteiger partial charge in [0.15, 0.2) is 11.6 Å². The van der Waals surface area contributed by atoms with Crippen molar-refractivity contribution in [1.29, 1.82) is 0 Å². The molecule has 2 amide bonds. The van der Waals surface area contributed by atoms with Crippen LogP contribution in [0.25, 0.3) is 0 Å². The summed E-state index contributed by atoms with van der Waals surface area (Å²) in [6.45, 7) is 6.30. The fourth-order valence-electron chi connectivity index (χ4n) is 2.87. The van der Waals surface area contributed by atoms with Crippen LogP contribution in [0.15, 0.2) is 36.5 Å². The molecule has 0 saturated heterocycles. The molecule has 31 heavy (non-hydrogen) atoms. The van der Waals surface area contributed by atoms with Crippen LogP contribution in [0.4, 0.5) is 11.8 Å². The zero-order chi connectivity index (χ0) is 22.8. The van der Waals surface area contributed by atoms with E-state index in [1.807, 2.05) is 37.3 Å². The van der Waals surface area contributed by atoms with E-state index >= 15 is 0 Å². The highest BCUT2D eigenvalue weighted by molar-refractivity contribution is 6.11. The van der Waals surface area contributed by atoms with Crippen LogP contribution in [-0.2, 0) is 25.7 Å². The summed E-state index contributed by atoms with van der Waals surface area (Å²) in [5, 5.41) is 3.21. The first-order valence-corrected chi connectivity index (χ1v) is 10.1. The van der Waals surface area contributed by atoms with Crippen molar-refractivity contribution in [3.05, 3.63) is 42.1 Å². The third-order valence-corrected chi connectivity index (χ3v) is 4.28. The normalized spacial score (nSPS) is 11.4. The number of hydrogen-bond donors (Lipinski definition) is 1. The maximum atomic E-state index is 11.9. The molecule has 0 aliphatic rings. The largest absolute Gasteiger partial charge is 0.483 e. The van der Waals surface area contributed by atoms with Gasteiger partial charge in [-0.2, -0.15) is 4.98 Å². The van der Waals surface area contributed by atoms with Crippen molar-refractivity contribution in [2.45, 2.75) is 53.2 Å². The Morgan fingerprint density at radius 2 is 1.77 bits per heavy atom. The Balaban J connectivity index is 2.34. The number of imide groups is 1. The van der Waals surface area contributed by atoms with E-state index in [1.165, 1.54) is 27.0 Å². The van der Waals surface area contributed by atoms with Crippen molar-refractivity contribution in [3.63, 3.8) is 0 Å². The van der Waals surface area contributed by atoms with Gasteiger partial charge in [-0.15, -0.1) is 0 Å². The minimum Gasteiger partial charge on any atom is -0.483 e. The molecule has 1 heterocycles. The zero-order valence-corrected chi connectivity index (χ0v) is 18.3. The number of anilines is 2. The second kappa shape index (κ2) is 11.6. The second-order valence-corrected chi connectivity index (χ2v) is 6.96. The van der Waals surface area contributed by atoms with Crippen LogP contribution in [0.1, 0.15) is 46.1 Å². The van der Waals surface area contributed by atoms with Crippen LogP contribution in [0.5, 0.6) is 5.75 Å². The lowest BCUT2D eigenvalue weighted by molar-refractivity contribution is -0.141. The summed E-state index contributed by atoms with van der Waals surface area (Å²) in [6, 6.07) is 9.35. The summed E-state index contributed by atoms with van der Waals surface area (Å²) >= 11 is 0. The van der Waals surface area contributed by atoms with Crippen molar-refractivity contribution >= 4 is 29.5 Å². The van der Waals surface area contributed by atoms with Crippen LogP contribution in [0.2, 0.25) is 0 Å². The summed E-state index contributed by atoms with van der Waals surface area (Å²) in [7, 11) is 0. The quantitative estimate of drug-likeness (QED) is 0.575. The van der Waals surface area contributed by atoms with Gasteiger partial charge in [0.05, 0.1) is 12.2 Å². The van der Waals surface area contributed by atoms with Gasteiger partial charge in [-0.05, 0) is 12.0 Å². The molecule has 1 N–H and O–H groups in total. The molecular weight excluding hydrogens is 400 g/mol. The Hall–Kier alpha value is -3.49. The van der Waals surface area contributed by atoms with Crippen molar-refractivity contribution in [1.82, 2.24) is 9.97 Å². The minimum atomic E-state index is -0.499. The molecular formula is C22H28N4O5. The molecule has 0 saturated carbocycles. The first-order chi connectivity index (χ1) is 14.8. The van der Waals surface area contributed by atoms with Crippen molar-refractivity contribution < 1.29 is 23.9 Å². The summed E-state index contributed by atoms with van der Waals surface area (Å²) in [4.78, 5) is 44.5. The third-order valence-electron chi connectivity index (χ3n) is 4.28. The Bertz CT molecular complexity index is 890. The highest BCUT2D eigenvalue weighted by Crippen LogP contribution is 2.26. The molecule has 1 unspecified atom stereocenters. The molecule has 9 nitrogen and oxygen atoms in total. The molecule has 9 heteroatoms. The summed E-state index contributed by atoms with van der Waals surface area (Å²) in [5.41, 5.74) is 0.955. The number of carbonyl (C=O) groups excluding carboxylic acids is 3. The van der Waals surface area contributed by atoms with Gasteiger partial charge >= 0.3 is 5.97 Å². The maximum absolute atomic E-state index is 11.9. The molecule has 2 aromatic rings. The molecule has 1 atom stereocenters. The number of nitrogens with one attached hydrogen (secondary N) is 1. The highest BCUT2D eigenvalue weighted by Gasteiger charge is 2.22. The lowest BCUT2D eigenvalue weighted by Crippen LogP contribution is -2.35. The van der Waals surface area contributed by atoms with Gasteiger partial charge in [-0.3, -0.25) is 14.4 Å². The molecule has 0 spiro atoms. The number of ether oxygens (including phenoxy) is 2. The molecule has 2 rings (SSSR count). The van der Waals surface area contributed by atoms with Gasteiger partial charge in [0, 0.05) is 20.8 Å². The van der Waals surface area contributed by atoms with Gasteiger partial charge in [-0.25, -0.2) is 9.88 Å². The smallest absolute Gasteiger partial charge is 0.302 e. The SMILES string of the molecule is CCCC(COC(C)=O)Nc1nc(N(C(C)=O)C(C)=O)ncc1OCc1ccccc1. The predicted octanol–water partition coefficient (Wildman–Crippen LogP) is 3.10. The number of benzene rings is 1. The van der Waals surface area contributed by atoms with Crippen molar-refractivity contribution in [2.75, 3.05) is 16.8 Å². The lowest BCUT2D eigenvalue weighted by Gasteiger charge is -2.22. The zero-order valence-electron chi connectivity index (χ0n) is 18.3. The highest BCUT2D eigenvalue weighted by atomic mass is 16.5. The maximum Gasteiger partial charge on any atom is 0.302 e. The van der Waals surface area contributed by atoms with E-state index in [1.54, 1.807) is 0 Å². The molecule has 1 aromatic heterocycles. The number of rotatable bonds is 10. The van der Waals surface area contributed by atoms with Crippen LogP contribution in [0, 0.1) is 0 Å². The van der Waals surface area contributed by atoms with Crippen LogP contribution in [0.3, 0.4) is 0 Å². The lowest BCUT2D eigenvalue weighted by atomic mass is 10.2. The molecule has 0 radical (unpaired) electrons. The van der Waals surface area contributed by atoms with Crippen LogP contribution >= 0.6 is 0 Å². The molecule has 0 fully saturated rings. The third kappa shape index (κ3) is 7.36. The van der Waals surface area contributed by atoms with Crippen molar-refractivity contribution in [3.8, 4) is 5.75 Å². The van der Waals surface area contributed by atoms with Crippen LogP contribution < -0.4 is 15.0 Å². The standard InChI is InChI=1S/C22H28N4O5/c1-5-9-19(14-30-17(4)29)24-21-20(31-13-18-10-7-6-8-11-18)12-23-22(25-21)26(15(2)27)16(3)28/h6-8,10-12,19H,5,9,13-14H2,1-4H3,(H,23,24,25). The van der Waals surface area contributed by atoms with Crippen molar-refractivity contribution in [2.24, 2.45) is 0 Å². The Labute approximate surface area is 181 Å². The van der Waals surface area contributed by atoms with Gasteiger partial charge < -0.3 is 14.8 Å². The van der Waals surface area contributed by atoms with E-state index in [2.05, 4.69) is 15.3 Å². The van der Waals surface area contributed by atoms with E-state index < -0.39 is 11.8 Å². The fraction of sp³-hybridized carbons (Fsp3) is 0.409. The summed E-state index contributed by atoms with van der Waals surface area (Å²) < 4.78 is 11.0. The number of carbonyl (C=O) groups is 3. The average molecular weight is 428 g/mol. The number of aromatic nitrogens is 2. The topological polar surface area (TPSA) is 111 Å². The predicted molar refractivity (Wildman–Crippen MR) is 116 cm³/mol. The number of amides is 2. The van der Waals surface area contributed by atoms with Crippen LogP contribution in [-0.4, -0.2) is 40.4 Å². The molecule has 1 aromatic carbocycles. The summed E-state index contributed by atoms with van der Waals surface area (Å²) in [6.07, 6.45) is 2.96. The summed E-state index contributed by atoms with van der Waals surface area (Å²) in [5.74, 6) is -0.783. The number of esters is 1. The second-order valence-electron chi connectivity index (χ2n) is 6.96. The Kier molecular flexibility index (Phi) is 8.93. The van der Waals surface area contributed by atoms with Gasteiger partial charge in [-0.1, -0.05) is 43.7 Å². The molecule has 166 valence electrons. The first kappa shape index (κ1) is 23.8. The average Bonchev–Trinajstić information content (AvgIpc) is 2.72. The van der Waals surface area contributed by atoms with E-state index in [-0.39, 0.29) is 31.2 Å². The van der Waals surface area contributed by atoms with E-state index in [0.717, 1.165) is 16.9 Å². The molecule has 0 bridgehead atoms. The molecule has 0 aliphatic heterocycles. The number of nitrogens with zero attached hydrogens (tertiary/aromatic N) is 3. The van der Waals surface area contributed by atoms with E-state index in [9.17, 15) is 14.4 Å². The van der Waals surface area contributed by atoms with Gasteiger partial charge in [0.2, 0.25) is 17.8 Å². The fourth-order valence-corrected chi connectivity index (χ4v) is 2.87.